The van der Waals surface area contributed by atoms with Gasteiger partial charge in [-0.2, -0.15) is 0 Å². The number of fused-ring (bicyclic) bond motifs is 2. The average Bonchev–Trinajstić information content (AvgIpc) is 3.29. The molecule has 7 nitrogen and oxygen atoms in total. The van der Waals surface area contributed by atoms with Gasteiger partial charge in [0.25, 0.3) is 0 Å². The van der Waals surface area contributed by atoms with Crippen LogP contribution in [0.25, 0.3) is 0 Å². The SMILES string of the molecule is CCNC(=NCCN1CCN(C(=O)C2CCCC2)CC1)NC1CC2CCCC(C1)N2C. The summed E-state index contributed by atoms with van der Waals surface area (Å²) in [7, 11) is 2.31. The molecule has 3 heterocycles. The van der Waals surface area contributed by atoms with Crippen molar-refractivity contribution >= 4 is 11.9 Å². The van der Waals surface area contributed by atoms with Crippen LogP contribution in [-0.2, 0) is 4.79 Å². The highest BCUT2D eigenvalue weighted by Gasteiger charge is 2.36. The predicted molar refractivity (Wildman–Crippen MR) is 126 cm³/mol. The molecule has 2 bridgehead atoms. The number of carbonyl (C=O) groups is 1. The lowest BCUT2D eigenvalue weighted by Crippen LogP contribution is -2.56. The van der Waals surface area contributed by atoms with Crippen molar-refractivity contribution in [2.24, 2.45) is 10.9 Å². The van der Waals surface area contributed by atoms with E-state index in [1.54, 1.807) is 0 Å². The van der Waals surface area contributed by atoms with E-state index in [9.17, 15) is 4.79 Å². The number of aliphatic imine (C=N–C) groups is 1. The molecule has 2 unspecified atom stereocenters. The Hall–Kier alpha value is -1.34. The molecule has 4 fully saturated rings. The fourth-order valence-electron chi connectivity index (χ4n) is 6.17. The van der Waals surface area contributed by atoms with Crippen molar-refractivity contribution in [3.05, 3.63) is 0 Å². The zero-order chi connectivity index (χ0) is 21.6. The highest BCUT2D eigenvalue weighted by atomic mass is 16.2. The van der Waals surface area contributed by atoms with Crippen molar-refractivity contribution in [1.82, 2.24) is 25.3 Å². The maximum Gasteiger partial charge on any atom is 0.225 e. The van der Waals surface area contributed by atoms with E-state index in [1.807, 2.05) is 0 Å². The molecule has 0 aromatic rings. The van der Waals surface area contributed by atoms with E-state index in [0.717, 1.165) is 76.7 Å². The van der Waals surface area contributed by atoms with Crippen LogP contribution in [-0.4, -0.2) is 97.6 Å². The van der Waals surface area contributed by atoms with Crippen molar-refractivity contribution in [3.63, 3.8) is 0 Å². The minimum atomic E-state index is 0.309. The summed E-state index contributed by atoms with van der Waals surface area (Å²) in [5, 5.41) is 7.19. The van der Waals surface area contributed by atoms with Crippen LogP contribution in [0.1, 0.15) is 64.7 Å². The van der Waals surface area contributed by atoms with Gasteiger partial charge in [0.1, 0.15) is 0 Å². The van der Waals surface area contributed by atoms with Crippen LogP contribution in [0.3, 0.4) is 0 Å². The molecule has 0 aromatic heterocycles. The number of rotatable bonds is 6. The number of nitrogens with one attached hydrogen (secondary N) is 2. The van der Waals surface area contributed by atoms with Gasteiger partial charge >= 0.3 is 0 Å². The molecular weight excluding hydrogens is 388 g/mol. The van der Waals surface area contributed by atoms with Crippen LogP contribution in [0, 0.1) is 5.92 Å². The third-order valence-corrected chi connectivity index (χ3v) is 8.10. The second-order valence-corrected chi connectivity index (χ2v) is 10.1. The summed E-state index contributed by atoms with van der Waals surface area (Å²) in [5.41, 5.74) is 0. The van der Waals surface area contributed by atoms with Crippen LogP contribution < -0.4 is 10.6 Å². The van der Waals surface area contributed by atoms with Crippen molar-refractivity contribution in [2.45, 2.75) is 82.8 Å². The third-order valence-electron chi connectivity index (χ3n) is 8.10. The summed E-state index contributed by atoms with van der Waals surface area (Å²) < 4.78 is 0. The Bertz CT molecular complexity index is 597. The maximum absolute atomic E-state index is 12.6. The fraction of sp³-hybridized carbons (Fsp3) is 0.917. The number of hydrogen-bond donors (Lipinski definition) is 2. The smallest absolute Gasteiger partial charge is 0.225 e. The molecule has 1 saturated carbocycles. The van der Waals surface area contributed by atoms with Crippen LogP contribution in [0.2, 0.25) is 0 Å². The molecule has 2 N–H and O–H groups in total. The summed E-state index contributed by atoms with van der Waals surface area (Å²) in [6, 6.07) is 2.00. The Morgan fingerprint density at radius 1 is 0.968 bits per heavy atom. The molecular formula is C24H44N6O. The van der Waals surface area contributed by atoms with E-state index >= 15 is 0 Å². The van der Waals surface area contributed by atoms with Crippen molar-refractivity contribution in [1.29, 1.82) is 0 Å². The largest absolute Gasteiger partial charge is 0.357 e. The van der Waals surface area contributed by atoms with E-state index in [-0.39, 0.29) is 0 Å². The minimum Gasteiger partial charge on any atom is -0.357 e. The summed E-state index contributed by atoms with van der Waals surface area (Å²) in [4.78, 5) is 24.7. The van der Waals surface area contributed by atoms with Gasteiger partial charge in [-0.1, -0.05) is 19.3 Å². The van der Waals surface area contributed by atoms with Gasteiger partial charge in [0, 0.05) is 63.3 Å². The Morgan fingerprint density at radius 3 is 2.29 bits per heavy atom. The highest BCUT2D eigenvalue weighted by molar-refractivity contribution is 5.80. The van der Waals surface area contributed by atoms with Gasteiger partial charge in [-0.15, -0.1) is 0 Å². The summed E-state index contributed by atoms with van der Waals surface area (Å²) >= 11 is 0. The van der Waals surface area contributed by atoms with Gasteiger partial charge in [-0.25, -0.2) is 0 Å². The first-order valence-electron chi connectivity index (χ1n) is 12.9. The Morgan fingerprint density at radius 2 is 1.65 bits per heavy atom. The van der Waals surface area contributed by atoms with Gasteiger partial charge in [-0.3, -0.25) is 14.7 Å². The molecule has 4 rings (SSSR count). The van der Waals surface area contributed by atoms with Gasteiger partial charge in [0.15, 0.2) is 5.96 Å². The van der Waals surface area contributed by atoms with Gasteiger partial charge < -0.3 is 20.4 Å². The zero-order valence-electron chi connectivity index (χ0n) is 19.8. The summed E-state index contributed by atoms with van der Waals surface area (Å²) in [5.74, 6) is 1.70. The topological polar surface area (TPSA) is 63.2 Å². The zero-order valence-corrected chi connectivity index (χ0v) is 19.8. The first-order chi connectivity index (χ1) is 15.1. The first kappa shape index (κ1) is 22.8. The van der Waals surface area contributed by atoms with Crippen LogP contribution in [0.15, 0.2) is 4.99 Å². The van der Waals surface area contributed by atoms with Gasteiger partial charge in [0.2, 0.25) is 5.91 Å². The van der Waals surface area contributed by atoms with Gasteiger partial charge in [0.05, 0.1) is 6.54 Å². The number of piperazine rings is 1. The molecule has 31 heavy (non-hydrogen) atoms. The van der Waals surface area contributed by atoms with Crippen LogP contribution >= 0.6 is 0 Å². The van der Waals surface area contributed by atoms with Crippen LogP contribution in [0.4, 0.5) is 0 Å². The first-order valence-corrected chi connectivity index (χ1v) is 12.9. The Balaban J connectivity index is 1.20. The monoisotopic (exact) mass is 432 g/mol. The molecule has 3 saturated heterocycles. The second kappa shape index (κ2) is 11.0. The van der Waals surface area contributed by atoms with Crippen molar-refractivity contribution < 1.29 is 4.79 Å². The molecule has 3 aliphatic heterocycles. The normalized spacial score (nSPS) is 31.1. The molecule has 1 aliphatic carbocycles. The van der Waals surface area contributed by atoms with E-state index in [0.29, 0.717) is 17.9 Å². The summed E-state index contributed by atoms with van der Waals surface area (Å²) in [6.07, 6.45) is 11.2. The number of amides is 1. The minimum absolute atomic E-state index is 0.309. The van der Waals surface area contributed by atoms with Gasteiger partial charge in [-0.05, 0) is 52.5 Å². The number of guanidine groups is 1. The van der Waals surface area contributed by atoms with E-state index in [1.165, 1.54) is 44.9 Å². The van der Waals surface area contributed by atoms with Crippen molar-refractivity contribution in [2.75, 3.05) is 52.9 Å². The highest BCUT2D eigenvalue weighted by Crippen LogP contribution is 2.32. The third kappa shape index (κ3) is 5.92. The average molecular weight is 433 g/mol. The molecule has 7 heteroatoms. The number of nitrogens with zero attached hydrogens (tertiary/aromatic N) is 4. The fourth-order valence-corrected chi connectivity index (χ4v) is 6.17. The molecule has 4 aliphatic rings. The van der Waals surface area contributed by atoms with E-state index in [4.69, 9.17) is 4.99 Å². The van der Waals surface area contributed by atoms with Crippen molar-refractivity contribution in [3.8, 4) is 0 Å². The maximum atomic E-state index is 12.6. The van der Waals surface area contributed by atoms with E-state index in [2.05, 4.69) is 39.3 Å². The lowest BCUT2D eigenvalue weighted by molar-refractivity contribution is -0.137. The molecule has 176 valence electrons. The number of piperidine rings is 2. The second-order valence-electron chi connectivity index (χ2n) is 10.1. The number of hydrogen-bond acceptors (Lipinski definition) is 4. The number of carbonyl (C=O) groups excluding carboxylic acids is 1. The quantitative estimate of drug-likeness (QED) is 0.496. The lowest BCUT2D eigenvalue weighted by atomic mass is 9.82. The molecule has 0 spiro atoms. The molecule has 0 radical (unpaired) electrons. The molecule has 2 atom stereocenters. The summed E-state index contributed by atoms with van der Waals surface area (Å²) in [6.45, 7) is 8.55. The Labute approximate surface area is 189 Å². The Kier molecular flexibility index (Phi) is 8.10. The lowest BCUT2D eigenvalue weighted by Gasteiger charge is -2.47. The standard InChI is InChI=1S/C24H44N6O/c1-3-25-24(27-20-17-21-9-6-10-22(18-20)28(21)2)26-11-12-29-13-15-30(16-14-29)23(31)19-7-4-5-8-19/h19-22H,3-18H2,1-2H3,(H2,25,26,27). The van der Waals surface area contributed by atoms with E-state index < -0.39 is 0 Å². The van der Waals surface area contributed by atoms with Crippen LogP contribution in [0.5, 0.6) is 0 Å². The molecule has 1 amide bonds. The molecule has 0 aromatic carbocycles. The predicted octanol–water partition coefficient (Wildman–Crippen LogP) is 1.89.